The fourth-order valence-corrected chi connectivity index (χ4v) is 3.98. The third-order valence-corrected chi connectivity index (χ3v) is 5.95. The average Bonchev–Trinajstić information content (AvgIpc) is 3.29. The molecule has 0 atom stereocenters. The van der Waals surface area contributed by atoms with Crippen LogP contribution in [0.2, 0.25) is 10.0 Å². The molecule has 1 fully saturated rings. The third kappa shape index (κ3) is 5.14. The van der Waals surface area contributed by atoms with Crippen molar-refractivity contribution >= 4 is 35.0 Å². The van der Waals surface area contributed by atoms with E-state index in [0.717, 1.165) is 18.5 Å². The van der Waals surface area contributed by atoms with Gasteiger partial charge in [-0.2, -0.15) is 0 Å². The molecule has 0 saturated heterocycles. The Kier molecular flexibility index (Phi) is 6.39. The van der Waals surface area contributed by atoms with Gasteiger partial charge in [-0.25, -0.2) is 0 Å². The Hall–Kier alpha value is -2.70. The molecule has 3 aromatic rings. The molecule has 4 rings (SSSR count). The SMILES string of the molecule is Cn1cccc1CN(Cc1ccco1)C(=O)CN(C(=O)c1ccc(Cl)cc1Cl)C1CC1. The van der Waals surface area contributed by atoms with Crippen LogP contribution in [0.3, 0.4) is 0 Å². The molecule has 1 saturated carbocycles. The Morgan fingerprint density at radius 3 is 2.55 bits per heavy atom. The Morgan fingerprint density at radius 1 is 1.13 bits per heavy atom. The van der Waals surface area contributed by atoms with Crippen molar-refractivity contribution in [3.63, 3.8) is 0 Å². The summed E-state index contributed by atoms with van der Waals surface area (Å²) in [5.41, 5.74) is 1.34. The highest BCUT2D eigenvalue weighted by molar-refractivity contribution is 6.36. The second-order valence-electron chi connectivity index (χ2n) is 7.73. The maximum atomic E-state index is 13.4. The molecule has 0 bridgehead atoms. The van der Waals surface area contributed by atoms with Crippen molar-refractivity contribution in [2.75, 3.05) is 6.54 Å². The number of nitrogens with zero attached hydrogens (tertiary/aromatic N) is 3. The second kappa shape index (κ2) is 9.20. The van der Waals surface area contributed by atoms with Gasteiger partial charge >= 0.3 is 0 Å². The van der Waals surface area contributed by atoms with Crippen molar-refractivity contribution in [2.45, 2.75) is 32.0 Å². The average molecular weight is 460 g/mol. The molecule has 1 aliphatic rings. The van der Waals surface area contributed by atoms with Gasteiger partial charge in [0.15, 0.2) is 0 Å². The van der Waals surface area contributed by atoms with Gasteiger partial charge in [0.25, 0.3) is 5.91 Å². The molecular formula is C23H23Cl2N3O3. The van der Waals surface area contributed by atoms with Crippen LogP contribution in [0.15, 0.2) is 59.3 Å². The van der Waals surface area contributed by atoms with Gasteiger partial charge in [0.2, 0.25) is 5.91 Å². The highest BCUT2D eigenvalue weighted by atomic mass is 35.5. The molecule has 0 unspecified atom stereocenters. The largest absolute Gasteiger partial charge is 0.467 e. The van der Waals surface area contributed by atoms with Gasteiger partial charge in [-0.15, -0.1) is 0 Å². The quantitative estimate of drug-likeness (QED) is 0.487. The molecule has 0 N–H and O–H groups in total. The summed E-state index contributed by atoms with van der Waals surface area (Å²) < 4.78 is 7.43. The van der Waals surface area contributed by atoms with Gasteiger partial charge in [-0.3, -0.25) is 9.59 Å². The highest BCUT2D eigenvalue weighted by Crippen LogP contribution is 2.31. The number of aromatic nitrogens is 1. The first kappa shape index (κ1) is 21.5. The van der Waals surface area contributed by atoms with Crippen LogP contribution in [-0.2, 0) is 24.9 Å². The number of benzene rings is 1. The number of halogens is 2. The monoisotopic (exact) mass is 459 g/mol. The van der Waals surface area contributed by atoms with Crippen LogP contribution in [0.25, 0.3) is 0 Å². The Balaban J connectivity index is 1.54. The zero-order valence-electron chi connectivity index (χ0n) is 17.1. The Morgan fingerprint density at radius 2 is 1.94 bits per heavy atom. The number of aryl methyl sites for hydroxylation is 1. The van der Waals surface area contributed by atoms with Crippen LogP contribution in [-0.4, -0.2) is 38.8 Å². The predicted octanol–water partition coefficient (Wildman–Crippen LogP) is 4.76. The van der Waals surface area contributed by atoms with Gasteiger partial charge in [-0.1, -0.05) is 23.2 Å². The van der Waals surface area contributed by atoms with Gasteiger partial charge in [0.1, 0.15) is 12.3 Å². The minimum atomic E-state index is -0.255. The molecule has 31 heavy (non-hydrogen) atoms. The zero-order valence-corrected chi connectivity index (χ0v) is 18.6. The van der Waals surface area contributed by atoms with Crippen molar-refractivity contribution in [2.24, 2.45) is 7.05 Å². The van der Waals surface area contributed by atoms with Crippen molar-refractivity contribution < 1.29 is 14.0 Å². The molecule has 2 aromatic heterocycles. The first-order valence-corrected chi connectivity index (χ1v) is 10.8. The predicted molar refractivity (Wildman–Crippen MR) is 119 cm³/mol. The minimum Gasteiger partial charge on any atom is -0.467 e. The van der Waals surface area contributed by atoms with Crippen LogP contribution >= 0.6 is 23.2 Å². The van der Waals surface area contributed by atoms with Crippen LogP contribution in [0.1, 0.15) is 34.7 Å². The fraction of sp³-hybridized carbons (Fsp3) is 0.304. The topological polar surface area (TPSA) is 58.7 Å². The van der Waals surface area contributed by atoms with Gasteiger partial charge < -0.3 is 18.8 Å². The molecule has 6 nitrogen and oxygen atoms in total. The van der Waals surface area contributed by atoms with Crippen LogP contribution in [0, 0.1) is 0 Å². The molecule has 8 heteroatoms. The molecule has 1 aromatic carbocycles. The number of amides is 2. The van der Waals surface area contributed by atoms with E-state index >= 15 is 0 Å². The van der Waals surface area contributed by atoms with E-state index in [4.69, 9.17) is 27.6 Å². The number of carbonyl (C=O) groups excluding carboxylic acids is 2. The van der Waals surface area contributed by atoms with Crippen LogP contribution < -0.4 is 0 Å². The lowest BCUT2D eigenvalue weighted by molar-refractivity contribution is -0.133. The Bertz CT molecular complexity index is 1070. The maximum absolute atomic E-state index is 13.4. The van der Waals surface area contributed by atoms with Crippen molar-refractivity contribution in [1.29, 1.82) is 0 Å². The summed E-state index contributed by atoms with van der Waals surface area (Å²) in [4.78, 5) is 29.9. The minimum absolute atomic E-state index is 0.0203. The van der Waals surface area contributed by atoms with Crippen LogP contribution in [0.4, 0.5) is 0 Å². The van der Waals surface area contributed by atoms with E-state index in [0.29, 0.717) is 29.4 Å². The van der Waals surface area contributed by atoms with E-state index in [1.54, 1.807) is 40.3 Å². The van der Waals surface area contributed by atoms with E-state index in [1.165, 1.54) is 0 Å². The summed E-state index contributed by atoms with van der Waals surface area (Å²) in [7, 11) is 1.94. The van der Waals surface area contributed by atoms with Gasteiger partial charge in [-0.05, 0) is 55.3 Å². The number of carbonyl (C=O) groups is 2. The highest BCUT2D eigenvalue weighted by Gasteiger charge is 2.36. The zero-order chi connectivity index (χ0) is 22.0. The molecule has 0 radical (unpaired) electrons. The number of furan rings is 1. The second-order valence-corrected chi connectivity index (χ2v) is 8.57. The van der Waals surface area contributed by atoms with E-state index in [1.807, 2.05) is 36.0 Å². The van der Waals surface area contributed by atoms with Crippen LogP contribution in [0.5, 0.6) is 0 Å². The Labute approximate surface area is 190 Å². The molecule has 0 aliphatic heterocycles. The fourth-order valence-electron chi connectivity index (χ4n) is 3.50. The molecule has 2 amide bonds. The lowest BCUT2D eigenvalue weighted by atomic mass is 10.2. The molecule has 0 spiro atoms. The summed E-state index contributed by atoms with van der Waals surface area (Å²) in [5.74, 6) is 0.282. The first-order chi connectivity index (χ1) is 14.9. The molecule has 2 heterocycles. The number of hydrogen-bond donors (Lipinski definition) is 0. The van der Waals surface area contributed by atoms with Gasteiger partial charge in [0, 0.05) is 30.0 Å². The van der Waals surface area contributed by atoms with Gasteiger partial charge in [0.05, 0.1) is 29.9 Å². The standard InChI is InChI=1S/C23H23Cl2N3O3/c1-26-10-2-4-18(26)13-27(14-19-5-3-11-31-19)22(29)15-28(17-7-8-17)23(30)20-9-6-16(24)12-21(20)25/h2-6,9-12,17H,7-8,13-15H2,1H3. The lowest BCUT2D eigenvalue weighted by Gasteiger charge is -2.28. The number of hydrogen-bond acceptors (Lipinski definition) is 3. The number of rotatable bonds is 8. The van der Waals surface area contributed by atoms with E-state index in [-0.39, 0.29) is 29.4 Å². The summed E-state index contributed by atoms with van der Waals surface area (Å²) in [6.07, 6.45) is 5.27. The smallest absolute Gasteiger partial charge is 0.256 e. The van der Waals surface area contributed by atoms with E-state index in [9.17, 15) is 9.59 Å². The third-order valence-electron chi connectivity index (χ3n) is 5.40. The van der Waals surface area contributed by atoms with Crippen molar-refractivity contribution in [3.8, 4) is 0 Å². The lowest BCUT2D eigenvalue weighted by Crippen LogP contribution is -2.43. The first-order valence-electron chi connectivity index (χ1n) is 10.1. The maximum Gasteiger partial charge on any atom is 0.256 e. The van der Waals surface area contributed by atoms with E-state index in [2.05, 4.69) is 0 Å². The van der Waals surface area contributed by atoms with Crippen molar-refractivity contribution in [1.82, 2.24) is 14.4 Å². The summed E-state index contributed by atoms with van der Waals surface area (Å²) in [5, 5.41) is 0.745. The normalized spacial score (nSPS) is 13.3. The van der Waals surface area contributed by atoms with Crippen molar-refractivity contribution in [3.05, 3.63) is 82.0 Å². The molecular weight excluding hydrogens is 437 g/mol. The molecule has 1 aliphatic carbocycles. The van der Waals surface area contributed by atoms with E-state index < -0.39 is 0 Å². The summed E-state index contributed by atoms with van der Waals surface area (Å²) in [6.45, 7) is 0.719. The summed E-state index contributed by atoms with van der Waals surface area (Å²) >= 11 is 12.2. The summed E-state index contributed by atoms with van der Waals surface area (Å²) in [6, 6.07) is 12.4. The molecule has 162 valence electrons.